The van der Waals surface area contributed by atoms with E-state index >= 15 is 0 Å². The molecule has 0 heterocycles. The van der Waals surface area contributed by atoms with Crippen LogP contribution in [0.4, 0.5) is 0 Å². The van der Waals surface area contributed by atoms with Crippen LogP contribution in [-0.4, -0.2) is 24.3 Å². The molecule has 1 rings (SSSR count). The average Bonchev–Trinajstić information content (AvgIpc) is 2.24. The summed E-state index contributed by atoms with van der Waals surface area (Å²) in [5, 5.41) is 19.0. The summed E-state index contributed by atoms with van der Waals surface area (Å²) in [6, 6.07) is 2.93. The number of allylic oxidation sites excluding steroid dienone is 1. The van der Waals surface area contributed by atoms with Crippen LogP contribution in [0.3, 0.4) is 0 Å². The van der Waals surface area contributed by atoms with Crippen molar-refractivity contribution in [1.82, 2.24) is 5.32 Å². The number of carbonyl (C=O) groups is 1. The summed E-state index contributed by atoms with van der Waals surface area (Å²) < 4.78 is 0. The summed E-state index contributed by atoms with van der Waals surface area (Å²) >= 11 is 11.7. The third-order valence-electron chi connectivity index (χ3n) is 2.04. The topological polar surface area (TPSA) is 73.2 Å². The van der Waals surface area contributed by atoms with Gasteiger partial charge < -0.3 is 15.8 Å². The third-order valence-corrected chi connectivity index (χ3v) is 2.64. The quantitative estimate of drug-likeness (QED) is 0.738. The molecule has 0 saturated carbocycles. The summed E-state index contributed by atoms with van der Waals surface area (Å²) in [7, 11) is 1.69. The fraction of sp³-hybridized carbons (Fsp3) is 0.0909. The van der Waals surface area contributed by atoms with Gasteiger partial charge in [-0.2, -0.15) is 0 Å². The van der Waals surface area contributed by atoms with Crippen LogP contribution in [0.5, 0.6) is 0 Å². The SMILES string of the molecule is CN/C=C(\C=N)c1cc(Cl)c(C(=O)O)c(Cl)c1. The van der Waals surface area contributed by atoms with Crippen LogP contribution in [-0.2, 0) is 0 Å². The molecule has 1 aromatic carbocycles. The molecule has 0 aliphatic heterocycles. The van der Waals surface area contributed by atoms with Crippen LogP contribution in [0, 0.1) is 5.41 Å². The van der Waals surface area contributed by atoms with Crippen molar-refractivity contribution in [3.8, 4) is 0 Å². The molecule has 0 bridgehead atoms. The summed E-state index contributed by atoms with van der Waals surface area (Å²) in [5.74, 6) is -1.18. The van der Waals surface area contributed by atoms with Crippen molar-refractivity contribution >= 4 is 41.0 Å². The smallest absolute Gasteiger partial charge is 0.338 e. The molecule has 0 radical (unpaired) electrons. The molecule has 90 valence electrons. The number of halogens is 2. The molecule has 6 heteroatoms. The number of hydrogen-bond acceptors (Lipinski definition) is 3. The fourth-order valence-electron chi connectivity index (χ4n) is 1.31. The molecule has 17 heavy (non-hydrogen) atoms. The standard InChI is InChI=1S/C11H10Cl2N2O2/c1-15-5-7(4-14)6-2-8(12)10(11(16)17)9(13)3-6/h2-5,14-15H,1H3,(H,16,17)/b7-5+,14-4?. The van der Waals surface area contributed by atoms with E-state index in [9.17, 15) is 4.79 Å². The van der Waals surface area contributed by atoms with E-state index in [4.69, 9.17) is 33.7 Å². The number of carboxylic acids is 1. The van der Waals surface area contributed by atoms with Crippen molar-refractivity contribution in [2.45, 2.75) is 0 Å². The van der Waals surface area contributed by atoms with Gasteiger partial charge in [-0.3, -0.25) is 0 Å². The number of aromatic carboxylic acids is 1. The Balaban J connectivity index is 3.36. The Kier molecular flexibility index (Phi) is 4.54. The second-order valence-corrected chi connectivity index (χ2v) is 3.97. The highest BCUT2D eigenvalue weighted by molar-refractivity contribution is 6.39. The highest BCUT2D eigenvalue weighted by atomic mass is 35.5. The van der Waals surface area contributed by atoms with E-state index < -0.39 is 5.97 Å². The van der Waals surface area contributed by atoms with Gasteiger partial charge in [0.25, 0.3) is 0 Å². The monoisotopic (exact) mass is 272 g/mol. The molecule has 0 spiro atoms. The van der Waals surface area contributed by atoms with Gasteiger partial charge in [0, 0.05) is 25.0 Å². The number of hydrogen-bond donors (Lipinski definition) is 3. The minimum Gasteiger partial charge on any atom is -0.478 e. The lowest BCUT2D eigenvalue weighted by atomic mass is 10.1. The maximum absolute atomic E-state index is 10.9. The minimum absolute atomic E-state index is 0.0452. The zero-order chi connectivity index (χ0) is 13.0. The molecular formula is C11H10Cl2N2O2. The molecular weight excluding hydrogens is 263 g/mol. The first kappa shape index (κ1) is 13.5. The van der Waals surface area contributed by atoms with Gasteiger partial charge in [-0.15, -0.1) is 0 Å². The Labute approximate surface area is 108 Å². The van der Waals surface area contributed by atoms with Gasteiger partial charge in [0.1, 0.15) is 0 Å². The van der Waals surface area contributed by atoms with E-state index in [1.807, 2.05) is 0 Å². The average molecular weight is 273 g/mol. The third kappa shape index (κ3) is 2.99. The predicted octanol–water partition coefficient (Wildman–Crippen LogP) is 2.90. The summed E-state index contributed by atoms with van der Waals surface area (Å²) in [4.78, 5) is 10.9. The van der Waals surface area contributed by atoms with Gasteiger partial charge in [-0.25, -0.2) is 4.79 Å². The van der Waals surface area contributed by atoms with Crippen LogP contribution in [0.15, 0.2) is 18.3 Å². The first-order chi connectivity index (χ1) is 8.01. The summed E-state index contributed by atoms with van der Waals surface area (Å²) in [6.45, 7) is 0. The van der Waals surface area contributed by atoms with Crippen molar-refractivity contribution in [3.63, 3.8) is 0 Å². The summed E-state index contributed by atoms with van der Waals surface area (Å²) in [5.41, 5.74) is 0.994. The van der Waals surface area contributed by atoms with Crippen molar-refractivity contribution in [2.24, 2.45) is 0 Å². The normalized spacial score (nSPS) is 11.1. The zero-order valence-corrected chi connectivity index (χ0v) is 10.4. The Morgan fingerprint density at radius 2 is 1.94 bits per heavy atom. The molecule has 0 saturated heterocycles. The molecule has 1 aromatic rings. The molecule has 4 nitrogen and oxygen atoms in total. The number of carboxylic acid groups (broad SMARTS) is 1. The van der Waals surface area contributed by atoms with Crippen LogP contribution < -0.4 is 5.32 Å². The van der Waals surface area contributed by atoms with Crippen LogP contribution in [0.2, 0.25) is 10.0 Å². The lowest BCUT2D eigenvalue weighted by Crippen LogP contribution is -2.01. The van der Waals surface area contributed by atoms with Crippen LogP contribution in [0.1, 0.15) is 15.9 Å². The largest absolute Gasteiger partial charge is 0.478 e. The molecule has 0 amide bonds. The number of rotatable bonds is 4. The van der Waals surface area contributed by atoms with E-state index in [-0.39, 0.29) is 15.6 Å². The van der Waals surface area contributed by atoms with Crippen molar-refractivity contribution in [3.05, 3.63) is 39.5 Å². The second kappa shape index (κ2) is 5.70. The number of benzene rings is 1. The van der Waals surface area contributed by atoms with Gasteiger partial charge in [-0.1, -0.05) is 23.2 Å². The Bertz CT molecular complexity index is 475. The van der Waals surface area contributed by atoms with Crippen LogP contribution in [0.25, 0.3) is 5.57 Å². The highest BCUT2D eigenvalue weighted by Crippen LogP contribution is 2.29. The van der Waals surface area contributed by atoms with E-state index in [0.29, 0.717) is 11.1 Å². The van der Waals surface area contributed by atoms with Gasteiger partial charge in [-0.05, 0) is 17.7 Å². The van der Waals surface area contributed by atoms with E-state index in [1.54, 1.807) is 13.2 Å². The summed E-state index contributed by atoms with van der Waals surface area (Å²) in [6.07, 6.45) is 2.72. The van der Waals surface area contributed by atoms with Crippen molar-refractivity contribution in [2.75, 3.05) is 7.05 Å². The molecule has 0 aliphatic carbocycles. The molecule has 0 aliphatic rings. The van der Waals surface area contributed by atoms with Gasteiger partial charge in [0.05, 0.1) is 15.6 Å². The fourth-order valence-corrected chi connectivity index (χ4v) is 1.96. The molecule has 0 aromatic heterocycles. The van der Waals surface area contributed by atoms with Gasteiger partial charge >= 0.3 is 5.97 Å². The minimum atomic E-state index is -1.18. The van der Waals surface area contributed by atoms with Gasteiger partial charge in [0.15, 0.2) is 0 Å². The second-order valence-electron chi connectivity index (χ2n) is 3.15. The van der Waals surface area contributed by atoms with Gasteiger partial charge in [0.2, 0.25) is 0 Å². The lowest BCUT2D eigenvalue weighted by molar-refractivity contribution is 0.0697. The zero-order valence-electron chi connectivity index (χ0n) is 8.92. The van der Waals surface area contributed by atoms with Crippen molar-refractivity contribution in [1.29, 1.82) is 5.41 Å². The van der Waals surface area contributed by atoms with Crippen LogP contribution >= 0.6 is 23.2 Å². The molecule has 0 fully saturated rings. The first-order valence-electron chi connectivity index (χ1n) is 4.62. The maximum atomic E-state index is 10.9. The van der Waals surface area contributed by atoms with E-state index in [1.165, 1.54) is 12.1 Å². The predicted molar refractivity (Wildman–Crippen MR) is 69.2 cm³/mol. The van der Waals surface area contributed by atoms with E-state index in [0.717, 1.165) is 6.21 Å². The first-order valence-corrected chi connectivity index (χ1v) is 5.37. The Morgan fingerprint density at radius 3 is 2.29 bits per heavy atom. The Hall–Kier alpha value is -1.52. The van der Waals surface area contributed by atoms with E-state index in [2.05, 4.69) is 5.32 Å². The Morgan fingerprint density at radius 1 is 1.41 bits per heavy atom. The number of nitrogens with one attached hydrogen (secondary N) is 2. The molecule has 0 unspecified atom stereocenters. The highest BCUT2D eigenvalue weighted by Gasteiger charge is 2.15. The molecule has 0 atom stereocenters. The molecule has 3 N–H and O–H groups in total. The lowest BCUT2D eigenvalue weighted by Gasteiger charge is -2.07. The maximum Gasteiger partial charge on any atom is 0.338 e. The van der Waals surface area contributed by atoms with Crippen molar-refractivity contribution < 1.29 is 9.90 Å².